The maximum atomic E-state index is 11.6. The molecule has 0 heterocycles. The van der Waals surface area contributed by atoms with Gasteiger partial charge in [0.1, 0.15) is 0 Å². The van der Waals surface area contributed by atoms with E-state index in [-0.39, 0.29) is 0 Å². The number of isothiocyanates is 1. The van der Waals surface area contributed by atoms with Crippen molar-refractivity contribution in [2.75, 3.05) is 6.54 Å². The molecule has 0 radical (unpaired) electrons. The van der Waals surface area contributed by atoms with Gasteiger partial charge in [0, 0.05) is 10.3 Å². The molecule has 0 aromatic heterocycles. The fourth-order valence-electron chi connectivity index (χ4n) is 0.973. The summed E-state index contributed by atoms with van der Waals surface area (Å²) >= 11 is 4.43. The van der Waals surface area contributed by atoms with E-state index in [9.17, 15) is 4.21 Å². The predicted molar refractivity (Wildman–Crippen MR) is 66.5 cm³/mol. The van der Waals surface area contributed by atoms with Crippen LogP contribution in [0.5, 0.6) is 0 Å². The van der Waals surface area contributed by atoms with Crippen LogP contribution in [0.1, 0.15) is 6.42 Å². The highest BCUT2D eigenvalue weighted by atomic mass is 32.2. The first kappa shape index (κ1) is 12.0. The van der Waals surface area contributed by atoms with E-state index in [1.54, 1.807) is 5.41 Å². The molecule has 0 aliphatic heterocycles. The zero-order valence-corrected chi connectivity index (χ0v) is 9.76. The minimum absolute atomic E-state index is 0.603. The van der Waals surface area contributed by atoms with Gasteiger partial charge in [0.05, 0.1) is 22.5 Å². The first-order valence-electron chi connectivity index (χ1n) is 4.50. The molecule has 1 unspecified atom stereocenters. The van der Waals surface area contributed by atoms with Crippen molar-refractivity contribution in [3.05, 3.63) is 41.8 Å². The third kappa shape index (κ3) is 4.79. The number of benzene rings is 1. The molecule has 0 amide bonds. The molecule has 0 saturated carbocycles. The van der Waals surface area contributed by atoms with E-state index in [1.165, 1.54) is 0 Å². The van der Waals surface area contributed by atoms with Crippen LogP contribution in [-0.2, 0) is 10.8 Å². The molecule has 0 saturated heterocycles. The van der Waals surface area contributed by atoms with Gasteiger partial charge in [0.2, 0.25) is 0 Å². The fourth-order valence-corrected chi connectivity index (χ4v) is 1.96. The lowest BCUT2D eigenvalue weighted by atomic mass is 10.4. The van der Waals surface area contributed by atoms with E-state index in [0.29, 0.717) is 6.54 Å². The van der Waals surface area contributed by atoms with Crippen molar-refractivity contribution in [2.24, 2.45) is 4.99 Å². The predicted octanol–water partition coefficient (Wildman–Crippen LogP) is 2.80. The van der Waals surface area contributed by atoms with Gasteiger partial charge < -0.3 is 0 Å². The first-order valence-corrected chi connectivity index (χ1v) is 6.12. The molecule has 1 atom stereocenters. The van der Waals surface area contributed by atoms with E-state index in [0.717, 1.165) is 11.3 Å². The van der Waals surface area contributed by atoms with Crippen LogP contribution in [0.2, 0.25) is 0 Å². The summed E-state index contributed by atoms with van der Waals surface area (Å²) in [6.07, 6.45) is 2.58. The third-order valence-electron chi connectivity index (χ3n) is 1.67. The zero-order chi connectivity index (χ0) is 10.9. The van der Waals surface area contributed by atoms with Crippen LogP contribution in [0.4, 0.5) is 0 Å². The molecule has 0 aliphatic carbocycles. The second-order valence-electron chi connectivity index (χ2n) is 2.74. The Hall–Kier alpha value is -1.09. The van der Waals surface area contributed by atoms with Gasteiger partial charge in [0.15, 0.2) is 0 Å². The SMILES string of the molecule is O=S(C=CCCN=C=S)c1ccccc1. The average Bonchev–Trinajstić information content (AvgIpc) is 2.30. The van der Waals surface area contributed by atoms with Crippen LogP contribution in [0, 0.1) is 0 Å². The van der Waals surface area contributed by atoms with E-state index >= 15 is 0 Å². The lowest BCUT2D eigenvalue weighted by molar-refractivity contribution is 0.688. The van der Waals surface area contributed by atoms with E-state index in [4.69, 9.17) is 0 Å². The third-order valence-corrected chi connectivity index (χ3v) is 2.97. The summed E-state index contributed by atoms with van der Waals surface area (Å²) < 4.78 is 11.6. The number of hydrogen-bond acceptors (Lipinski definition) is 3. The van der Waals surface area contributed by atoms with Gasteiger partial charge >= 0.3 is 0 Å². The van der Waals surface area contributed by atoms with Gasteiger partial charge in [-0.2, -0.15) is 0 Å². The summed E-state index contributed by atoms with van der Waals surface area (Å²) in [7, 11) is -1.06. The number of rotatable bonds is 5. The van der Waals surface area contributed by atoms with E-state index < -0.39 is 10.8 Å². The quantitative estimate of drug-likeness (QED) is 0.448. The van der Waals surface area contributed by atoms with Crippen LogP contribution >= 0.6 is 12.2 Å². The molecule has 78 valence electrons. The standard InChI is InChI=1S/C11H11NOS2/c13-15(9-5-4-8-12-10-14)11-6-2-1-3-7-11/h1-3,5-7,9H,4,8H2. The molecule has 0 bridgehead atoms. The second-order valence-corrected chi connectivity index (χ2v) is 4.26. The van der Waals surface area contributed by atoms with E-state index in [2.05, 4.69) is 22.4 Å². The maximum Gasteiger partial charge on any atom is 0.0772 e. The monoisotopic (exact) mass is 237 g/mol. The Morgan fingerprint density at radius 2 is 2.13 bits per heavy atom. The van der Waals surface area contributed by atoms with Crippen LogP contribution < -0.4 is 0 Å². The summed E-state index contributed by atoms with van der Waals surface area (Å²) in [5.41, 5.74) is 0. The van der Waals surface area contributed by atoms with Crippen LogP contribution in [0.3, 0.4) is 0 Å². The van der Waals surface area contributed by atoms with Gasteiger partial charge in [-0.05, 0) is 30.8 Å². The van der Waals surface area contributed by atoms with Crippen LogP contribution in [-0.4, -0.2) is 15.9 Å². The molecule has 0 N–H and O–H groups in total. The van der Waals surface area contributed by atoms with Gasteiger partial charge in [0.25, 0.3) is 0 Å². The van der Waals surface area contributed by atoms with E-state index in [1.807, 2.05) is 36.4 Å². The Morgan fingerprint density at radius 3 is 2.80 bits per heavy atom. The van der Waals surface area contributed by atoms with Gasteiger partial charge in [-0.3, -0.25) is 0 Å². The normalized spacial score (nSPS) is 12.3. The molecule has 1 rings (SSSR count). The zero-order valence-electron chi connectivity index (χ0n) is 8.13. The van der Waals surface area contributed by atoms with Crippen molar-refractivity contribution >= 4 is 28.2 Å². The molecule has 0 fully saturated rings. The maximum absolute atomic E-state index is 11.6. The molecular formula is C11H11NOS2. The highest BCUT2D eigenvalue weighted by Crippen LogP contribution is 2.06. The molecule has 15 heavy (non-hydrogen) atoms. The molecule has 0 spiro atoms. The highest BCUT2D eigenvalue weighted by molar-refractivity contribution is 7.88. The minimum Gasteiger partial charge on any atom is -0.250 e. The molecule has 1 aromatic rings. The Bertz CT molecular complexity index is 394. The summed E-state index contributed by atoms with van der Waals surface area (Å²) in [4.78, 5) is 4.57. The fraction of sp³-hybridized carbons (Fsp3) is 0.182. The smallest absolute Gasteiger partial charge is 0.0772 e. The largest absolute Gasteiger partial charge is 0.250 e. The Labute approximate surface area is 97.2 Å². The van der Waals surface area contributed by atoms with Crippen molar-refractivity contribution in [3.63, 3.8) is 0 Å². The first-order chi connectivity index (χ1) is 7.34. The van der Waals surface area contributed by atoms with Crippen LogP contribution in [0.25, 0.3) is 0 Å². The lowest BCUT2D eigenvalue weighted by Crippen LogP contribution is -1.85. The lowest BCUT2D eigenvalue weighted by Gasteiger charge is -1.94. The second kappa shape index (κ2) is 7.23. The van der Waals surface area contributed by atoms with Crippen molar-refractivity contribution < 1.29 is 4.21 Å². The Morgan fingerprint density at radius 1 is 1.40 bits per heavy atom. The topological polar surface area (TPSA) is 29.4 Å². The van der Waals surface area contributed by atoms with Gasteiger partial charge in [-0.1, -0.05) is 24.3 Å². The summed E-state index contributed by atoms with van der Waals surface area (Å²) in [6, 6.07) is 9.33. The van der Waals surface area contributed by atoms with Gasteiger partial charge in [-0.15, -0.1) is 0 Å². The van der Waals surface area contributed by atoms with Crippen molar-refractivity contribution in [1.82, 2.24) is 0 Å². The molecule has 4 heteroatoms. The highest BCUT2D eigenvalue weighted by Gasteiger charge is 1.95. The minimum atomic E-state index is -1.06. The van der Waals surface area contributed by atoms with Crippen molar-refractivity contribution in [3.8, 4) is 0 Å². The van der Waals surface area contributed by atoms with Crippen molar-refractivity contribution in [2.45, 2.75) is 11.3 Å². The van der Waals surface area contributed by atoms with Crippen LogP contribution in [0.15, 0.2) is 51.7 Å². The molecule has 2 nitrogen and oxygen atoms in total. The summed E-state index contributed by atoms with van der Waals surface area (Å²) in [5.74, 6) is 0. The summed E-state index contributed by atoms with van der Waals surface area (Å²) in [6.45, 7) is 0.603. The number of hydrogen-bond donors (Lipinski definition) is 0. The summed E-state index contributed by atoms with van der Waals surface area (Å²) in [5, 5.41) is 3.96. The Balaban J connectivity index is 2.46. The average molecular weight is 237 g/mol. The number of nitrogens with zero attached hydrogens (tertiary/aromatic N) is 1. The van der Waals surface area contributed by atoms with Crippen molar-refractivity contribution in [1.29, 1.82) is 0 Å². The molecule has 1 aromatic carbocycles. The van der Waals surface area contributed by atoms with Gasteiger partial charge in [-0.25, -0.2) is 9.20 Å². The number of aliphatic imine (C=N–C) groups is 1. The Kier molecular flexibility index (Phi) is 5.78. The number of thiocarbonyl (C=S) groups is 1. The molecular weight excluding hydrogens is 226 g/mol. The molecule has 0 aliphatic rings.